The zero-order valence-corrected chi connectivity index (χ0v) is 15.5. The summed E-state index contributed by atoms with van der Waals surface area (Å²) in [5.74, 6) is 0.636. The molecule has 1 saturated carbocycles. The van der Waals surface area contributed by atoms with Gasteiger partial charge in [0, 0.05) is 11.3 Å². The van der Waals surface area contributed by atoms with Crippen molar-refractivity contribution >= 4 is 11.0 Å². The predicted octanol–water partition coefficient (Wildman–Crippen LogP) is 5.88. The van der Waals surface area contributed by atoms with Crippen molar-refractivity contribution in [2.75, 3.05) is 0 Å². The fourth-order valence-electron chi connectivity index (χ4n) is 3.45. The SMILES string of the molecule is CCCC(C)(C)c1ccc2nc(C3CC3)c(C(C)(C)C)nc2c1. The van der Waals surface area contributed by atoms with Crippen LogP contribution in [0.4, 0.5) is 0 Å². The van der Waals surface area contributed by atoms with Crippen molar-refractivity contribution < 1.29 is 0 Å². The summed E-state index contributed by atoms with van der Waals surface area (Å²) in [6.07, 6.45) is 4.93. The van der Waals surface area contributed by atoms with Gasteiger partial charge in [0.25, 0.3) is 0 Å². The number of aromatic nitrogens is 2. The van der Waals surface area contributed by atoms with Gasteiger partial charge in [0.15, 0.2) is 0 Å². The Labute approximate surface area is 140 Å². The van der Waals surface area contributed by atoms with E-state index < -0.39 is 0 Å². The lowest BCUT2D eigenvalue weighted by Crippen LogP contribution is -2.19. The first-order valence-corrected chi connectivity index (χ1v) is 9.05. The topological polar surface area (TPSA) is 25.8 Å². The standard InChI is InChI=1S/C21H30N2/c1-7-12-21(5,6)15-10-11-16-17(13-15)23-19(20(2,3)4)18(22-16)14-8-9-14/h10-11,13-14H,7-9,12H2,1-6H3. The largest absolute Gasteiger partial charge is 0.249 e. The van der Waals surface area contributed by atoms with Crippen molar-refractivity contribution in [1.82, 2.24) is 9.97 Å². The first-order chi connectivity index (χ1) is 10.7. The highest BCUT2D eigenvalue weighted by molar-refractivity contribution is 5.76. The average molecular weight is 310 g/mol. The van der Waals surface area contributed by atoms with Crippen LogP contribution in [0.25, 0.3) is 11.0 Å². The lowest BCUT2D eigenvalue weighted by molar-refractivity contribution is 0.473. The summed E-state index contributed by atoms with van der Waals surface area (Å²) >= 11 is 0. The molecular formula is C21H30N2. The van der Waals surface area contributed by atoms with Gasteiger partial charge in [-0.05, 0) is 42.4 Å². The zero-order valence-electron chi connectivity index (χ0n) is 15.5. The Hall–Kier alpha value is -1.44. The molecule has 2 aromatic rings. The minimum absolute atomic E-state index is 0.0497. The van der Waals surface area contributed by atoms with Crippen LogP contribution in [0.15, 0.2) is 18.2 Å². The van der Waals surface area contributed by atoms with Crippen LogP contribution in [0.1, 0.15) is 90.1 Å². The van der Waals surface area contributed by atoms with Gasteiger partial charge in [-0.3, -0.25) is 0 Å². The number of nitrogens with zero attached hydrogens (tertiary/aromatic N) is 2. The van der Waals surface area contributed by atoms with E-state index in [2.05, 4.69) is 59.7 Å². The maximum absolute atomic E-state index is 5.08. The van der Waals surface area contributed by atoms with Crippen LogP contribution in [-0.4, -0.2) is 9.97 Å². The van der Waals surface area contributed by atoms with E-state index in [4.69, 9.17) is 9.97 Å². The number of fused-ring (bicyclic) bond motifs is 1. The van der Waals surface area contributed by atoms with Gasteiger partial charge in [0.05, 0.1) is 22.4 Å². The van der Waals surface area contributed by atoms with Gasteiger partial charge in [-0.25, -0.2) is 9.97 Å². The van der Waals surface area contributed by atoms with Gasteiger partial charge >= 0.3 is 0 Å². The van der Waals surface area contributed by atoms with Gasteiger partial charge in [-0.15, -0.1) is 0 Å². The highest BCUT2D eigenvalue weighted by atomic mass is 14.9. The monoisotopic (exact) mass is 310 g/mol. The Bertz CT molecular complexity index is 718. The molecule has 1 fully saturated rings. The molecule has 0 spiro atoms. The van der Waals surface area contributed by atoms with Crippen LogP contribution in [0.3, 0.4) is 0 Å². The van der Waals surface area contributed by atoms with Gasteiger partial charge in [-0.2, -0.15) is 0 Å². The lowest BCUT2D eigenvalue weighted by Gasteiger charge is -2.26. The minimum Gasteiger partial charge on any atom is -0.249 e. The van der Waals surface area contributed by atoms with Crippen molar-refractivity contribution in [3.05, 3.63) is 35.2 Å². The molecule has 0 N–H and O–H groups in total. The minimum atomic E-state index is 0.0497. The number of rotatable bonds is 4. The van der Waals surface area contributed by atoms with Crippen LogP contribution in [-0.2, 0) is 10.8 Å². The second-order valence-corrected chi connectivity index (χ2v) is 8.82. The van der Waals surface area contributed by atoms with E-state index >= 15 is 0 Å². The Morgan fingerprint density at radius 2 is 1.70 bits per heavy atom. The van der Waals surface area contributed by atoms with Crippen LogP contribution in [0.5, 0.6) is 0 Å². The van der Waals surface area contributed by atoms with Crippen molar-refractivity contribution in [2.45, 2.75) is 84.0 Å². The van der Waals surface area contributed by atoms with Crippen molar-refractivity contribution in [2.24, 2.45) is 0 Å². The molecule has 2 nitrogen and oxygen atoms in total. The van der Waals surface area contributed by atoms with E-state index in [1.165, 1.54) is 42.6 Å². The maximum Gasteiger partial charge on any atom is 0.0893 e. The third-order valence-electron chi connectivity index (χ3n) is 5.02. The maximum atomic E-state index is 5.08. The summed E-state index contributed by atoms with van der Waals surface area (Å²) in [5.41, 5.74) is 6.16. The Morgan fingerprint density at radius 1 is 1.00 bits per heavy atom. The zero-order chi connectivity index (χ0) is 16.8. The molecule has 23 heavy (non-hydrogen) atoms. The molecule has 1 heterocycles. The van der Waals surface area contributed by atoms with Crippen LogP contribution >= 0.6 is 0 Å². The molecule has 1 aliphatic carbocycles. The van der Waals surface area contributed by atoms with Crippen molar-refractivity contribution in [3.63, 3.8) is 0 Å². The number of hydrogen-bond acceptors (Lipinski definition) is 2. The smallest absolute Gasteiger partial charge is 0.0893 e. The molecule has 0 aliphatic heterocycles. The molecule has 3 rings (SSSR count). The predicted molar refractivity (Wildman–Crippen MR) is 98.1 cm³/mol. The summed E-state index contributed by atoms with van der Waals surface area (Å²) in [6, 6.07) is 6.69. The van der Waals surface area contributed by atoms with Gasteiger partial charge in [0.1, 0.15) is 0 Å². The Kier molecular flexibility index (Phi) is 3.98. The van der Waals surface area contributed by atoms with Crippen molar-refractivity contribution in [3.8, 4) is 0 Å². The Morgan fingerprint density at radius 3 is 2.26 bits per heavy atom. The summed E-state index contributed by atoms with van der Waals surface area (Å²) < 4.78 is 0. The molecule has 0 saturated heterocycles. The molecule has 1 aliphatic rings. The van der Waals surface area contributed by atoms with E-state index in [1.54, 1.807) is 0 Å². The third-order valence-corrected chi connectivity index (χ3v) is 5.02. The van der Waals surface area contributed by atoms with Crippen molar-refractivity contribution in [1.29, 1.82) is 0 Å². The molecule has 1 aromatic carbocycles. The molecule has 0 bridgehead atoms. The molecule has 0 amide bonds. The molecule has 0 radical (unpaired) electrons. The summed E-state index contributed by atoms with van der Waals surface area (Å²) in [5, 5.41) is 0. The van der Waals surface area contributed by atoms with E-state index in [0.29, 0.717) is 5.92 Å². The van der Waals surface area contributed by atoms with E-state index in [9.17, 15) is 0 Å². The first-order valence-electron chi connectivity index (χ1n) is 9.05. The van der Waals surface area contributed by atoms with Gasteiger partial charge in [0.2, 0.25) is 0 Å². The summed E-state index contributed by atoms with van der Waals surface area (Å²) in [4.78, 5) is 10.1. The van der Waals surface area contributed by atoms with Gasteiger partial charge < -0.3 is 0 Å². The van der Waals surface area contributed by atoms with E-state index in [0.717, 1.165) is 11.0 Å². The normalized spacial score (nSPS) is 16.1. The Balaban J connectivity index is 2.14. The molecular weight excluding hydrogens is 280 g/mol. The lowest BCUT2D eigenvalue weighted by atomic mass is 9.80. The highest BCUT2D eigenvalue weighted by Gasteiger charge is 2.33. The average Bonchev–Trinajstić information content (AvgIpc) is 3.28. The van der Waals surface area contributed by atoms with E-state index in [1.807, 2.05) is 0 Å². The summed E-state index contributed by atoms with van der Waals surface area (Å²) in [7, 11) is 0. The second-order valence-electron chi connectivity index (χ2n) is 8.82. The van der Waals surface area contributed by atoms with Crippen LogP contribution in [0, 0.1) is 0 Å². The van der Waals surface area contributed by atoms with Crippen LogP contribution in [0.2, 0.25) is 0 Å². The summed E-state index contributed by atoms with van der Waals surface area (Å²) in [6.45, 7) is 13.7. The fraction of sp³-hybridized carbons (Fsp3) is 0.619. The van der Waals surface area contributed by atoms with Crippen LogP contribution < -0.4 is 0 Å². The first kappa shape index (κ1) is 16.4. The second kappa shape index (κ2) is 5.58. The number of hydrogen-bond donors (Lipinski definition) is 0. The molecule has 2 heteroatoms. The third kappa shape index (κ3) is 3.27. The molecule has 0 atom stereocenters. The van der Waals surface area contributed by atoms with E-state index in [-0.39, 0.29) is 10.8 Å². The van der Waals surface area contributed by atoms with Gasteiger partial charge in [-0.1, -0.05) is 54.0 Å². The molecule has 0 unspecified atom stereocenters. The molecule has 124 valence electrons. The fourth-order valence-corrected chi connectivity index (χ4v) is 3.45. The number of benzene rings is 1. The highest BCUT2D eigenvalue weighted by Crippen LogP contribution is 2.43. The molecule has 1 aromatic heterocycles. The quantitative estimate of drug-likeness (QED) is 0.704.